The molecule has 0 aliphatic carbocycles. The van der Waals surface area contributed by atoms with Gasteiger partial charge in [0.25, 0.3) is 0 Å². The molecule has 0 unspecified atom stereocenters. The van der Waals surface area contributed by atoms with E-state index in [9.17, 15) is 4.57 Å². The molecule has 0 aliphatic rings. The Morgan fingerprint density at radius 2 is 1.22 bits per heavy atom. The third-order valence-corrected chi connectivity index (χ3v) is 4.76. The molecule has 1 aromatic carbocycles. The molecule has 0 aliphatic heterocycles. The van der Waals surface area contributed by atoms with Crippen LogP contribution in [0, 0.1) is 0 Å². The van der Waals surface area contributed by atoms with Crippen molar-refractivity contribution in [3.8, 4) is 11.1 Å². The Kier molecular flexibility index (Phi) is 9.50. The maximum absolute atomic E-state index is 10.9. The summed E-state index contributed by atoms with van der Waals surface area (Å²) in [7, 11) is -3.96. The minimum Gasteiger partial charge on any atom is -1.00 e. The van der Waals surface area contributed by atoms with Crippen LogP contribution in [-0.2, 0) is 17.7 Å². The van der Waals surface area contributed by atoms with Gasteiger partial charge in [-0.25, -0.2) is 9.13 Å². The molecule has 2 aromatic heterocycles. The summed E-state index contributed by atoms with van der Waals surface area (Å²) >= 11 is 0. The van der Waals surface area contributed by atoms with E-state index in [0.717, 1.165) is 17.7 Å². The summed E-state index contributed by atoms with van der Waals surface area (Å²) in [6.07, 6.45) is 7.64. The fourth-order valence-electron chi connectivity index (χ4n) is 2.59. The van der Waals surface area contributed by atoms with Crippen molar-refractivity contribution >= 4 is 7.60 Å². The Hall–Kier alpha value is -1.37. The summed E-state index contributed by atoms with van der Waals surface area (Å²) in [5.41, 5.74) is 3.43. The van der Waals surface area contributed by atoms with Crippen molar-refractivity contribution in [2.24, 2.45) is 0 Å². The zero-order valence-corrected chi connectivity index (χ0v) is 18.6. The predicted octanol–water partition coefficient (Wildman–Crippen LogP) is -3.84. The fourth-order valence-corrected chi connectivity index (χ4v) is 3.09. The second-order valence-electron chi connectivity index (χ2n) is 5.96. The molecule has 0 bridgehead atoms. The van der Waals surface area contributed by atoms with E-state index >= 15 is 0 Å². The molecule has 0 saturated heterocycles. The van der Waals surface area contributed by atoms with E-state index < -0.39 is 7.60 Å². The van der Waals surface area contributed by atoms with Gasteiger partial charge in [0, 0.05) is 29.8 Å². The lowest BCUT2D eigenvalue weighted by Crippen LogP contribution is -3.00. The van der Waals surface area contributed by atoms with Gasteiger partial charge in [-0.3, -0.25) is 4.57 Å². The minimum atomic E-state index is -3.96. The summed E-state index contributed by atoms with van der Waals surface area (Å²) < 4.78 is 14.8. The highest BCUT2D eigenvalue weighted by atomic mass is 79.9. The summed E-state index contributed by atoms with van der Waals surface area (Å²) in [6.45, 7) is 1.13. The van der Waals surface area contributed by atoms with E-state index in [-0.39, 0.29) is 40.1 Å². The standard InChI is InChI=1S/C19H19N2O3P.2BrH/c22-25(23,24)15-14-20-10-6-18(7-11-20)19-8-12-21(13-9-19)16-17-4-2-1-3-5-17;;/h1-13H,14-16H2;2*1H. The summed E-state index contributed by atoms with van der Waals surface area (Å²) in [6, 6.07) is 18.3. The van der Waals surface area contributed by atoms with Crippen LogP contribution in [-0.4, -0.2) is 15.9 Å². The van der Waals surface area contributed by atoms with Crippen molar-refractivity contribution in [1.29, 1.82) is 0 Å². The van der Waals surface area contributed by atoms with E-state index in [4.69, 9.17) is 9.79 Å². The average molecular weight is 516 g/mol. The third-order valence-electron chi connectivity index (χ3n) is 3.97. The second-order valence-corrected chi connectivity index (χ2v) is 7.73. The van der Waals surface area contributed by atoms with E-state index in [1.54, 1.807) is 4.57 Å². The smallest absolute Gasteiger partial charge is 0.331 e. The molecule has 144 valence electrons. The molecular weight excluding hydrogens is 495 g/mol. The van der Waals surface area contributed by atoms with Crippen LogP contribution in [0.1, 0.15) is 5.56 Å². The molecule has 3 aromatic rings. The van der Waals surface area contributed by atoms with Gasteiger partial charge in [0.2, 0.25) is 0 Å². The Labute approximate surface area is 180 Å². The van der Waals surface area contributed by atoms with Crippen LogP contribution in [0.25, 0.3) is 11.1 Å². The van der Waals surface area contributed by atoms with Crippen LogP contribution < -0.4 is 43.1 Å². The molecule has 3 rings (SSSR count). The molecule has 27 heavy (non-hydrogen) atoms. The van der Waals surface area contributed by atoms with Crippen LogP contribution in [0.4, 0.5) is 0 Å². The molecule has 0 amide bonds. The zero-order valence-electron chi connectivity index (χ0n) is 14.5. The Morgan fingerprint density at radius 1 is 0.741 bits per heavy atom. The largest absolute Gasteiger partial charge is 1.00 e. The Balaban J connectivity index is 0.00000182. The molecular formula is C19H21Br2N2O3P. The van der Waals surface area contributed by atoms with Gasteiger partial charge in [-0.05, 0) is 11.1 Å². The number of hydrogen-bond donors (Lipinski definition) is 2. The summed E-state index contributed by atoms with van der Waals surface area (Å²) in [5.74, 6) is 0. The lowest BCUT2D eigenvalue weighted by atomic mass is 10.1. The SMILES string of the molecule is O=P(O)(O)CC[n+]1ccc(-c2cc[n+](Cc3ccccc3)cc2)cc1.[Br-].[Br-]. The Morgan fingerprint density at radius 3 is 1.70 bits per heavy atom. The number of halogens is 2. The average Bonchev–Trinajstić information content (AvgIpc) is 2.61. The zero-order chi connectivity index (χ0) is 17.7. The Bertz CT molecular complexity index is 870. The number of rotatable bonds is 6. The third kappa shape index (κ3) is 7.64. The van der Waals surface area contributed by atoms with Crippen LogP contribution in [0.15, 0.2) is 79.4 Å². The van der Waals surface area contributed by atoms with Gasteiger partial charge in [0.1, 0.15) is 6.16 Å². The first-order chi connectivity index (χ1) is 12.0. The molecule has 0 atom stereocenters. The first-order valence-corrected chi connectivity index (χ1v) is 9.86. The van der Waals surface area contributed by atoms with Gasteiger partial charge in [-0.1, -0.05) is 30.3 Å². The molecule has 2 heterocycles. The van der Waals surface area contributed by atoms with E-state index in [2.05, 4.69) is 41.2 Å². The lowest BCUT2D eigenvalue weighted by Gasteiger charge is -2.03. The maximum Gasteiger partial charge on any atom is 0.331 e. The molecule has 0 radical (unpaired) electrons. The van der Waals surface area contributed by atoms with Crippen molar-refractivity contribution in [1.82, 2.24) is 0 Å². The van der Waals surface area contributed by atoms with E-state index in [1.807, 2.05) is 42.7 Å². The highest BCUT2D eigenvalue weighted by molar-refractivity contribution is 7.51. The lowest BCUT2D eigenvalue weighted by molar-refractivity contribution is -0.692. The van der Waals surface area contributed by atoms with Gasteiger partial charge in [-0.15, -0.1) is 0 Å². The number of aromatic nitrogens is 2. The van der Waals surface area contributed by atoms with Gasteiger partial charge in [0.05, 0.1) is 0 Å². The van der Waals surface area contributed by atoms with Gasteiger partial charge < -0.3 is 43.7 Å². The maximum atomic E-state index is 10.9. The number of aryl methyl sites for hydroxylation is 1. The van der Waals surface area contributed by atoms with Gasteiger partial charge >= 0.3 is 7.60 Å². The fraction of sp³-hybridized carbons (Fsp3) is 0.158. The van der Waals surface area contributed by atoms with Crippen LogP contribution in [0.5, 0.6) is 0 Å². The highest BCUT2D eigenvalue weighted by Gasteiger charge is 2.16. The number of pyridine rings is 2. The second kappa shape index (κ2) is 10.8. The van der Waals surface area contributed by atoms with Gasteiger partial charge in [-0.2, -0.15) is 0 Å². The number of benzene rings is 1. The summed E-state index contributed by atoms with van der Waals surface area (Å²) in [5, 5.41) is 0. The molecule has 0 fully saturated rings. The van der Waals surface area contributed by atoms with Crippen molar-refractivity contribution in [3.05, 3.63) is 84.9 Å². The normalized spacial score (nSPS) is 10.6. The topological polar surface area (TPSA) is 65.3 Å². The monoisotopic (exact) mass is 514 g/mol. The van der Waals surface area contributed by atoms with Crippen molar-refractivity contribution < 1.29 is 57.4 Å². The molecule has 8 heteroatoms. The molecule has 5 nitrogen and oxygen atoms in total. The minimum absolute atomic E-state index is 0. The quantitative estimate of drug-likeness (QED) is 0.261. The number of nitrogens with zero attached hydrogens (tertiary/aromatic N) is 2. The van der Waals surface area contributed by atoms with Crippen molar-refractivity contribution in [2.75, 3.05) is 6.16 Å². The van der Waals surface area contributed by atoms with Crippen LogP contribution >= 0.6 is 7.60 Å². The number of hydrogen-bond acceptors (Lipinski definition) is 1. The highest BCUT2D eigenvalue weighted by Crippen LogP contribution is 2.33. The van der Waals surface area contributed by atoms with Crippen LogP contribution in [0.2, 0.25) is 0 Å². The molecule has 0 saturated carbocycles. The van der Waals surface area contributed by atoms with E-state index in [0.29, 0.717) is 6.54 Å². The van der Waals surface area contributed by atoms with Crippen molar-refractivity contribution in [2.45, 2.75) is 13.1 Å². The first kappa shape index (κ1) is 23.7. The molecule has 0 spiro atoms. The van der Waals surface area contributed by atoms with Crippen LogP contribution in [0.3, 0.4) is 0 Å². The van der Waals surface area contributed by atoms with Gasteiger partial charge in [0.15, 0.2) is 37.9 Å². The molecule has 2 N–H and O–H groups in total. The summed E-state index contributed by atoms with van der Waals surface area (Å²) in [4.78, 5) is 17.9. The van der Waals surface area contributed by atoms with E-state index in [1.165, 1.54) is 5.56 Å². The predicted molar refractivity (Wildman–Crippen MR) is 94.7 cm³/mol. The van der Waals surface area contributed by atoms with Crippen molar-refractivity contribution in [3.63, 3.8) is 0 Å². The first-order valence-electron chi connectivity index (χ1n) is 8.07.